The lowest BCUT2D eigenvalue weighted by atomic mass is 9.81. The zero-order valence-electron chi connectivity index (χ0n) is 30.2. The minimum absolute atomic E-state index is 0.192. The molecular formula is C52H36OS. The Labute approximate surface area is 318 Å². The van der Waals surface area contributed by atoms with E-state index >= 15 is 0 Å². The van der Waals surface area contributed by atoms with Crippen LogP contribution in [0.2, 0.25) is 0 Å². The fourth-order valence-electron chi connectivity index (χ4n) is 9.26. The predicted octanol–water partition coefficient (Wildman–Crippen LogP) is 15.2. The Morgan fingerprint density at radius 1 is 0.611 bits per heavy atom. The molecule has 0 saturated heterocycles. The van der Waals surface area contributed by atoms with E-state index in [1.807, 2.05) is 11.3 Å². The van der Waals surface area contributed by atoms with Gasteiger partial charge in [0.15, 0.2) is 0 Å². The van der Waals surface area contributed by atoms with Crippen molar-refractivity contribution in [1.29, 1.82) is 0 Å². The second-order valence-corrected chi connectivity index (χ2v) is 15.8. The van der Waals surface area contributed by atoms with Crippen LogP contribution in [0.4, 0.5) is 0 Å². The molecule has 0 spiro atoms. The second-order valence-electron chi connectivity index (χ2n) is 14.7. The highest BCUT2D eigenvalue weighted by Crippen LogP contribution is 2.52. The van der Waals surface area contributed by atoms with Crippen LogP contribution >= 0.6 is 11.3 Å². The average Bonchev–Trinajstić information content (AvgIpc) is 3.78. The van der Waals surface area contributed by atoms with E-state index in [4.69, 9.17) is 4.74 Å². The Kier molecular flexibility index (Phi) is 7.05. The van der Waals surface area contributed by atoms with E-state index < -0.39 is 0 Å². The standard InChI is InChI=1S/C52H36OS/c1-3-4-13-31(2)50-38-17-7-9-19-40(38)51(41-20-10-8-18-39(41)50)42-26-25-34(35-14-5-6-15-36(35)42)32-23-27-47-45(28-32)43-24-22-33-29-49-46(30-44(33)52(43)53-47)37-16-11-12-21-48(37)54-49/h3-27,29-30,45H,28H2,1-2H3/b4-3-,31-13+. The Balaban J connectivity index is 1.04. The van der Waals surface area contributed by atoms with Gasteiger partial charge < -0.3 is 4.74 Å². The van der Waals surface area contributed by atoms with Gasteiger partial charge in [0.1, 0.15) is 11.5 Å². The van der Waals surface area contributed by atoms with Crippen molar-refractivity contribution in [2.45, 2.75) is 26.2 Å². The van der Waals surface area contributed by atoms with E-state index in [0.717, 1.165) is 17.9 Å². The van der Waals surface area contributed by atoms with Gasteiger partial charge in [0, 0.05) is 37.0 Å². The molecule has 9 aromatic rings. The number of thiophene rings is 1. The van der Waals surface area contributed by atoms with Gasteiger partial charge in [-0.2, -0.15) is 0 Å². The van der Waals surface area contributed by atoms with Crippen molar-refractivity contribution >= 4 is 85.7 Å². The molecule has 1 aliphatic heterocycles. The fourth-order valence-corrected chi connectivity index (χ4v) is 10.4. The normalized spacial score (nSPS) is 15.7. The molecule has 1 aromatic heterocycles. The van der Waals surface area contributed by atoms with E-state index in [0.29, 0.717) is 0 Å². The van der Waals surface area contributed by atoms with Crippen LogP contribution in [0.5, 0.6) is 5.75 Å². The molecule has 0 radical (unpaired) electrons. The molecule has 2 heteroatoms. The molecule has 0 N–H and O–H groups in total. The van der Waals surface area contributed by atoms with Gasteiger partial charge in [0.05, 0.1) is 0 Å². The molecule has 0 saturated carbocycles. The van der Waals surface area contributed by atoms with Crippen LogP contribution in [0.15, 0.2) is 170 Å². The minimum atomic E-state index is 0.192. The maximum atomic E-state index is 6.75. The molecular weight excluding hydrogens is 673 g/mol. The molecule has 0 fully saturated rings. The first-order chi connectivity index (χ1) is 26.7. The number of fused-ring (bicyclic) bond motifs is 11. The number of hydrogen-bond acceptors (Lipinski definition) is 2. The van der Waals surface area contributed by atoms with Gasteiger partial charge in [-0.3, -0.25) is 0 Å². The molecule has 1 unspecified atom stereocenters. The third-order valence-electron chi connectivity index (χ3n) is 11.7. The Bertz CT molecular complexity index is 3130. The van der Waals surface area contributed by atoms with Gasteiger partial charge in [-0.05, 0) is 116 Å². The first-order valence-corrected chi connectivity index (χ1v) is 19.7. The highest BCUT2D eigenvalue weighted by Gasteiger charge is 2.34. The van der Waals surface area contributed by atoms with Crippen molar-refractivity contribution in [1.82, 2.24) is 0 Å². The van der Waals surface area contributed by atoms with E-state index in [2.05, 4.69) is 178 Å². The van der Waals surface area contributed by atoms with Gasteiger partial charge >= 0.3 is 0 Å². The number of hydrogen-bond donors (Lipinski definition) is 0. The third-order valence-corrected chi connectivity index (χ3v) is 12.8. The van der Waals surface area contributed by atoms with Crippen LogP contribution in [0.25, 0.3) is 85.5 Å². The van der Waals surface area contributed by atoms with E-state index in [-0.39, 0.29) is 5.92 Å². The quantitative estimate of drug-likeness (QED) is 0.131. The SMILES string of the molecule is C/C=C\C=C(/C)c1c2ccccc2c(-c2ccc(C3=CC=C4Oc5c(ccc6cc7sc8ccccc8c7cc56)C4C3)c3ccccc23)c2ccccc12. The predicted molar refractivity (Wildman–Crippen MR) is 234 cm³/mol. The molecule has 1 aliphatic carbocycles. The molecule has 256 valence electrons. The Morgan fingerprint density at radius 2 is 1.26 bits per heavy atom. The van der Waals surface area contributed by atoms with Crippen LogP contribution in [-0.4, -0.2) is 0 Å². The lowest BCUT2D eigenvalue weighted by Gasteiger charge is -2.22. The van der Waals surface area contributed by atoms with Crippen LogP contribution in [0.3, 0.4) is 0 Å². The van der Waals surface area contributed by atoms with E-state index in [1.54, 1.807) is 0 Å². The second kappa shape index (κ2) is 12.2. The van der Waals surface area contributed by atoms with Crippen molar-refractivity contribution in [3.05, 3.63) is 186 Å². The van der Waals surface area contributed by atoms with Crippen molar-refractivity contribution in [3.8, 4) is 16.9 Å². The lowest BCUT2D eigenvalue weighted by Crippen LogP contribution is -2.05. The van der Waals surface area contributed by atoms with Crippen LogP contribution in [-0.2, 0) is 0 Å². The smallest absolute Gasteiger partial charge is 0.138 e. The Hall–Kier alpha value is -6.22. The summed E-state index contributed by atoms with van der Waals surface area (Å²) in [5.74, 6) is 2.26. The molecule has 54 heavy (non-hydrogen) atoms. The van der Waals surface area contributed by atoms with Crippen molar-refractivity contribution in [2.75, 3.05) is 0 Å². The molecule has 1 atom stereocenters. The zero-order chi connectivity index (χ0) is 35.9. The van der Waals surface area contributed by atoms with E-state index in [9.17, 15) is 0 Å². The molecule has 1 nitrogen and oxygen atoms in total. The summed E-state index contributed by atoms with van der Waals surface area (Å²) in [6.45, 7) is 4.30. The summed E-state index contributed by atoms with van der Waals surface area (Å²) in [5.41, 5.74) is 9.06. The first-order valence-electron chi connectivity index (χ1n) is 18.9. The molecule has 0 amide bonds. The summed E-state index contributed by atoms with van der Waals surface area (Å²) in [7, 11) is 0. The number of benzene rings is 8. The topological polar surface area (TPSA) is 9.23 Å². The summed E-state index contributed by atoms with van der Waals surface area (Å²) in [6.07, 6.45) is 11.9. The maximum absolute atomic E-state index is 6.75. The van der Waals surface area contributed by atoms with Crippen molar-refractivity contribution < 1.29 is 4.74 Å². The summed E-state index contributed by atoms with van der Waals surface area (Å²) in [5, 5.41) is 12.7. The fraction of sp³-hybridized carbons (Fsp3) is 0.0769. The van der Waals surface area contributed by atoms with E-state index in [1.165, 1.54) is 102 Å². The number of allylic oxidation sites excluding steroid dienone is 8. The monoisotopic (exact) mass is 708 g/mol. The maximum Gasteiger partial charge on any atom is 0.138 e. The first kappa shape index (κ1) is 31.3. The molecule has 2 heterocycles. The summed E-state index contributed by atoms with van der Waals surface area (Å²) < 4.78 is 9.41. The lowest BCUT2D eigenvalue weighted by molar-refractivity contribution is 0.430. The molecule has 8 aromatic carbocycles. The highest BCUT2D eigenvalue weighted by atomic mass is 32.1. The minimum Gasteiger partial charge on any atom is -0.460 e. The van der Waals surface area contributed by atoms with Gasteiger partial charge in [-0.1, -0.05) is 140 Å². The largest absolute Gasteiger partial charge is 0.460 e. The summed E-state index contributed by atoms with van der Waals surface area (Å²) in [4.78, 5) is 0. The van der Waals surface area contributed by atoms with Crippen LogP contribution in [0, 0.1) is 0 Å². The summed E-state index contributed by atoms with van der Waals surface area (Å²) >= 11 is 1.87. The highest BCUT2D eigenvalue weighted by molar-refractivity contribution is 7.25. The van der Waals surface area contributed by atoms with Gasteiger partial charge in [0.2, 0.25) is 0 Å². The number of ether oxygens (including phenoxy) is 1. The molecule has 2 aliphatic rings. The van der Waals surface area contributed by atoms with Crippen molar-refractivity contribution in [3.63, 3.8) is 0 Å². The number of rotatable bonds is 4. The Morgan fingerprint density at radius 3 is 2.00 bits per heavy atom. The van der Waals surface area contributed by atoms with Gasteiger partial charge in [0.25, 0.3) is 0 Å². The van der Waals surface area contributed by atoms with Gasteiger partial charge in [-0.25, -0.2) is 0 Å². The summed E-state index contributed by atoms with van der Waals surface area (Å²) in [6, 6.07) is 49.6. The third kappa shape index (κ3) is 4.63. The molecule has 11 rings (SSSR count). The van der Waals surface area contributed by atoms with Gasteiger partial charge in [-0.15, -0.1) is 11.3 Å². The average molecular weight is 709 g/mol. The van der Waals surface area contributed by atoms with Crippen LogP contribution in [0.1, 0.15) is 42.9 Å². The zero-order valence-corrected chi connectivity index (χ0v) is 31.0. The molecule has 0 bridgehead atoms. The van der Waals surface area contributed by atoms with Crippen molar-refractivity contribution in [2.24, 2.45) is 0 Å². The van der Waals surface area contributed by atoms with Crippen LogP contribution < -0.4 is 4.74 Å².